The molecule has 3 rings (SSSR count). The van der Waals surface area contributed by atoms with E-state index in [1.165, 1.54) is 49.1 Å². The van der Waals surface area contributed by atoms with Gasteiger partial charge in [-0.25, -0.2) is 4.98 Å². The zero-order chi connectivity index (χ0) is 16.4. The maximum absolute atomic E-state index is 12.3. The highest BCUT2D eigenvalue weighted by molar-refractivity contribution is 7.15. The largest absolute Gasteiger partial charge is 0.302 e. The molecule has 1 unspecified atom stereocenters. The number of nitrogens with zero attached hydrogens (tertiary/aromatic N) is 1. The highest BCUT2D eigenvalue weighted by Crippen LogP contribution is 2.40. The first-order valence-electron chi connectivity index (χ1n) is 9.20. The predicted molar refractivity (Wildman–Crippen MR) is 96.9 cm³/mol. The smallest absolute Gasteiger partial charge is 0.226 e. The van der Waals surface area contributed by atoms with Gasteiger partial charge < -0.3 is 5.32 Å². The molecule has 1 N–H and O–H groups in total. The van der Waals surface area contributed by atoms with Crippen LogP contribution in [0.15, 0.2) is 0 Å². The summed E-state index contributed by atoms with van der Waals surface area (Å²) < 4.78 is 0. The molecule has 128 valence electrons. The summed E-state index contributed by atoms with van der Waals surface area (Å²) in [5.41, 5.74) is 1.58. The van der Waals surface area contributed by atoms with Crippen molar-refractivity contribution in [3.63, 3.8) is 0 Å². The molecule has 1 atom stereocenters. The fourth-order valence-electron chi connectivity index (χ4n) is 3.99. The zero-order valence-corrected chi connectivity index (χ0v) is 15.6. The van der Waals surface area contributed by atoms with Crippen LogP contribution in [0.5, 0.6) is 0 Å². The molecule has 2 aliphatic carbocycles. The summed E-state index contributed by atoms with van der Waals surface area (Å²) in [7, 11) is 0. The van der Waals surface area contributed by atoms with E-state index in [4.69, 9.17) is 0 Å². The molecule has 1 aromatic heterocycles. The summed E-state index contributed by atoms with van der Waals surface area (Å²) in [6, 6.07) is 0. The molecule has 0 aliphatic heterocycles. The van der Waals surface area contributed by atoms with E-state index in [0.717, 1.165) is 23.9 Å². The Balaban J connectivity index is 1.58. The number of aryl methyl sites for hydroxylation is 1. The van der Waals surface area contributed by atoms with Gasteiger partial charge in [0.15, 0.2) is 5.13 Å². The summed E-state index contributed by atoms with van der Waals surface area (Å²) in [4.78, 5) is 18.4. The van der Waals surface area contributed by atoms with Crippen molar-refractivity contribution >= 4 is 22.4 Å². The number of nitrogens with one attached hydrogen (secondary N) is 1. The van der Waals surface area contributed by atoms with Crippen LogP contribution in [0.2, 0.25) is 0 Å². The van der Waals surface area contributed by atoms with Crippen molar-refractivity contribution in [2.24, 2.45) is 17.3 Å². The molecule has 1 saturated carbocycles. The quantitative estimate of drug-likeness (QED) is 0.825. The highest BCUT2D eigenvalue weighted by Gasteiger charge is 2.31. The standard InChI is InChI=1S/C19H30N2OS/c1-19(2,3)14-9-10-15-16(12-14)23-18(20-15)21-17(22)11-13-7-5-4-6-8-13/h13-14H,4-12H2,1-3H3,(H,20,21,22). The maximum Gasteiger partial charge on any atom is 0.226 e. The van der Waals surface area contributed by atoms with Crippen LogP contribution >= 0.6 is 11.3 Å². The van der Waals surface area contributed by atoms with Gasteiger partial charge >= 0.3 is 0 Å². The summed E-state index contributed by atoms with van der Waals surface area (Å²) >= 11 is 1.70. The van der Waals surface area contributed by atoms with Crippen molar-refractivity contribution < 1.29 is 4.79 Å². The molecule has 3 nitrogen and oxygen atoms in total. The lowest BCUT2D eigenvalue weighted by molar-refractivity contribution is -0.117. The Kier molecular flexibility index (Phi) is 5.10. The Labute approximate surface area is 144 Å². The fourth-order valence-corrected chi connectivity index (χ4v) is 5.10. The third kappa shape index (κ3) is 4.34. The van der Waals surface area contributed by atoms with E-state index >= 15 is 0 Å². The van der Waals surface area contributed by atoms with Crippen molar-refractivity contribution in [2.75, 3.05) is 5.32 Å². The average molecular weight is 335 g/mol. The van der Waals surface area contributed by atoms with Crippen LogP contribution in [0.1, 0.15) is 76.3 Å². The van der Waals surface area contributed by atoms with Gasteiger partial charge in [0.25, 0.3) is 0 Å². The topological polar surface area (TPSA) is 42.0 Å². The second-order valence-electron chi connectivity index (χ2n) is 8.45. The fraction of sp³-hybridized carbons (Fsp3) is 0.789. The first-order chi connectivity index (χ1) is 10.9. The van der Waals surface area contributed by atoms with E-state index in [1.807, 2.05) is 0 Å². The number of carbonyl (C=O) groups is 1. The Bertz CT molecular complexity index is 552. The SMILES string of the molecule is CC(C)(C)C1CCc2nc(NC(=O)CC3CCCCC3)sc2C1. The first kappa shape index (κ1) is 16.9. The third-order valence-corrected chi connectivity index (χ3v) is 6.64. The Morgan fingerprint density at radius 3 is 2.65 bits per heavy atom. The number of amides is 1. The lowest BCUT2D eigenvalue weighted by Crippen LogP contribution is -2.26. The normalized spacial score (nSPS) is 22.7. The molecular formula is C19H30N2OS. The number of aromatic nitrogens is 1. The van der Waals surface area contributed by atoms with Crippen LogP contribution in [0, 0.1) is 17.3 Å². The molecule has 1 fully saturated rings. The molecule has 0 saturated heterocycles. The minimum atomic E-state index is 0.162. The molecular weight excluding hydrogens is 304 g/mol. The maximum atomic E-state index is 12.3. The third-order valence-electron chi connectivity index (χ3n) is 5.61. The minimum Gasteiger partial charge on any atom is -0.302 e. The van der Waals surface area contributed by atoms with Gasteiger partial charge in [0.05, 0.1) is 5.69 Å². The summed E-state index contributed by atoms with van der Waals surface area (Å²) in [6.45, 7) is 6.99. The van der Waals surface area contributed by atoms with Crippen molar-refractivity contribution in [1.29, 1.82) is 0 Å². The number of hydrogen-bond acceptors (Lipinski definition) is 3. The Morgan fingerprint density at radius 2 is 1.96 bits per heavy atom. The van der Waals surface area contributed by atoms with Crippen LogP contribution in [0.4, 0.5) is 5.13 Å². The van der Waals surface area contributed by atoms with E-state index in [2.05, 4.69) is 31.1 Å². The number of carbonyl (C=O) groups excluding carboxylic acids is 1. The van der Waals surface area contributed by atoms with Gasteiger partial charge in [-0.05, 0) is 49.4 Å². The van der Waals surface area contributed by atoms with Crippen molar-refractivity contribution in [2.45, 2.75) is 78.6 Å². The van der Waals surface area contributed by atoms with Gasteiger partial charge in [0.1, 0.15) is 0 Å². The summed E-state index contributed by atoms with van der Waals surface area (Å²) in [5, 5.41) is 3.89. The first-order valence-corrected chi connectivity index (χ1v) is 10.0. The zero-order valence-electron chi connectivity index (χ0n) is 14.8. The van der Waals surface area contributed by atoms with Crippen LogP contribution in [-0.2, 0) is 17.6 Å². The molecule has 23 heavy (non-hydrogen) atoms. The Hall–Kier alpha value is -0.900. The summed E-state index contributed by atoms with van der Waals surface area (Å²) in [5.74, 6) is 1.47. The molecule has 1 amide bonds. The van der Waals surface area contributed by atoms with Gasteiger partial charge in [-0.1, -0.05) is 40.0 Å². The molecule has 2 aliphatic rings. The van der Waals surface area contributed by atoms with E-state index in [9.17, 15) is 4.79 Å². The molecule has 1 aromatic rings. The highest BCUT2D eigenvalue weighted by atomic mass is 32.1. The molecule has 0 bridgehead atoms. The number of rotatable bonds is 3. The van der Waals surface area contributed by atoms with Crippen LogP contribution < -0.4 is 5.32 Å². The molecule has 0 radical (unpaired) electrons. The van der Waals surface area contributed by atoms with Crippen molar-refractivity contribution in [3.8, 4) is 0 Å². The second kappa shape index (κ2) is 6.92. The van der Waals surface area contributed by atoms with Crippen LogP contribution in [-0.4, -0.2) is 10.9 Å². The number of anilines is 1. The Morgan fingerprint density at radius 1 is 1.22 bits per heavy atom. The van der Waals surface area contributed by atoms with Gasteiger partial charge in [0.2, 0.25) is 5.91 Å². The number of hydrogen-bond donors (Lipinski definition) is 1. The van der Waals surface area contributed by atoms with Gasteiger partial charge in [-0.3, -0.25) is 4.79 Å². The van der Waals surface area contributed by atoms with E-state index in [1.54, 1.807) is 11.3 Å². The summed E-state index contributed by atoms with van der Waals surface area (Å²) in [6.07, 6.45) is 10.4. The monoisotopic (exact) mass is 334 g/mol. The molecule has 0 aromatic carbocycles. The van der Waals surface area contributed by atoms with Crippen molar-refractivity contribution in [1.82, 2.24) is 4.98 Å². The van der Waals surface area contributed by atoms with Crippen LogP contribution in [0.3, 0.4) is 0 Å². The van der Waals surface area contributed by atoms with Crippen LogP contribution in [0.25, 0.3) is 0 Å². The molecule has 4 heteroatoms. The predicted octanol–water partition coefficient (Wildman–Crippen LogP) is 5.20. The van der Waals surface area contributed by atoms with Gasteiger partial charge in [0, 0.05) is 11.3 Å². The van der Waals surface area contributed by atoms with E-state index in [-0.39, 0.29) is 5.91 Å². The second-order valence-corrected chi connectivity index (χ2v) is 9.53. The number of thiazole rings is 1. The molecule has 0 spiro atoms. The average Bonchev–Trinajstić information content (AvgIpc) is 2.88. The lowest BCUT2D eigenvalue weighted by Gasteiger charge is -2.33. The van der Waals surface area contributed by atoms with Gasteiger partial charge in [-0.2, -0.15) is 0 Å². The number of fused-ring (bicyclic) bond motifs is 1. The lowest BCUT2D eigenvalue weighted by atomic mass is 9.73. The van der Waals surface area contributed by atoms with E-state index in [0.29, 0.717) is 17.8 Å². The van der Waals surface area contributed by atoms with E-state index < -0.39 is 0 Å². The minimum absolute atomic E-state index is 0.162. The molecule has 1 heterocycles. The van der Waals surface area contributed by atoms with Crippen molar-refractivity contribution in [3.05, 3.63) is 10.6 Å². The van der Waals surface area contributed by atoms with Gasteiger partial charge in [-0.15, -0.1) is 11.3 Å².